The number of hydrogen-bond acceptors (Lipinski definition) is 7. The third kappa shape index (κ3) is 4.91. The maximum Gasteiger partial charge on any atom is 0.292 e. The van der Waals surface area contributed by atoms with E-state index in [1.807, 2.05) is 12.1 Å². The third-order valence-corrected chi connectivity index (χ3v) is 6.47. The molecular formula is C24H25ClFN5O3. The van der Waals surface area contributed by atoms with Crippen molar-refractivity contribution < 1.29 is 13.9 Å². The zero-order valence-corrected chi connectivity index (χ0v) is 19.2. The largest absolute Gasteiger partial charge is 0.439 e. The maximum absolute atomic E-state index is 14.7. The Kier molecular flexibility index (Phi) is 6.49. The van der Waals surface area contributed by atoms with Gasteiger partial charge in [-0.15, -0.1) is 0 Å². The average Bonchev–Trinajstić information content (AvgIpc) is 2.81. The molecule has 2 aromatic heterocycles. The number of alkyl halides is 1. The molecule has 0 radical (unpaired) electrons. The Labute approximate surface area is 201 Å². The van der Waals surface area contributed by atoms with Crippen LogP contribution in [0.5, 0.6) is 11.6 Å². The van der Waals surface area contributed by atoms with Gasteiger partial charge in [0.15, 0.2) is 5.67 Å². The lowest BCUT2D eigenvalue weighted by Crippen LogP contribution is -2.40. The number of ether oxygens (including phenoxy) is 2. The van der Waals surface area contributed by atoms with Crippen molar-refractivity contribution in [3.8, 4) is 17.3 Å². The van der Waals surface area contributed by atoms with E-state index in [-0.39, 0.29) is 23.9 Å². The summed E-state index contributed by atoms with van der Waals surface area (Å²) in [5.74, 6) is 1.63. The number of halogens is 2. The van der Waals surface area contributed by atoms with E-state index in [0.717, 1.165) is 17.8 Å². The second-order valence-electron chi connectivity index (χ2n) is 8.63. The molecule has 1 atom stereocenters. The number of pyridine rings is 1. The molecule has 8 nitrogen and oxygen atoms in total. The summed E-state index contributed by atoms with van der Waals surface area (Å²) in [6.45, 7) is 2.58. The fourth-order valence-corrected chi connectivity index (χ4v) is 4.16. The Morgan fingerprint density at radius 2 is 2.06 bits per heavy atom. The van der Waals surface area contributed by atoms with Gasteiger partial charge in [-0.3, -0.25) is 4.79 Å². The van der Waals surface area contributed by atoms with Crippen LogP contribution in [0.4, 0.5) is 10.1 Å². The molecule has 2 N–H and O–H groups in total. The lowest BCUT2D eigenvalue weighted by molar-refractivity contribution is -0.0234. The summed E-state index contributed by atoms with van der Waals surface area (Å²) >= 11 is 6.26. The van der Waals surface area contributed by atoms with E-state index in [9.17, 15) is 9.18 Å². The normalized spacial score (nSPS) is 20.5. The van der Waals surface area contributed by atoms with Crippen LogP contribution in [0, 0.1) is 0 Å². The van der Waals surface area contributed by atoms with Crippen LogP contribution in [-0.2, 0) is 4.74 Å². The summed E-state index contributed by atoms with van der Waals surface area (Å²) < 4.78 is 26.9. The molecular weight excluding hydrogens is 461 g/mol. The van der Waals surface area contributed by atoms with Gasteiger partial charge in [-0.2, -0.15) is 9.78 Å². The minimum Gasteiger partial charge on any atom is -0.439 e. The molecule has 2 fully saturated rings. The molecule has 0 aliphatic carbocycles. The second-order valence-corrected chi connectivity index (χ2v) is 9.01. The topological polar surface area (TPSA) is 90.3 Å². The molecule has 1 aromatic carbocycles. The Bertz CT molecular complexity index is 1190. The number of nitrogens with zero attached hydrogens (tertiary/aromatic N) is 3. The lowest BCUT2D eigenvalue weighted by atomic mass is 9.94. The first kappa shape index (κ1) is 22.8. The SMILES string of the molecule is O=c1c(Cl)c(NC[C@@]2(F)CCCOC2)cnn1-c1ccc(Oc2ccc(C3CNC3)cc2)nc1. The van der Waals surface area contributed by atoms with Crippen LogP contribution in [0.25, 0.3) is 5.69 Å². The van der Waals surface area contributed by atoms with Gasteiger partial charge in [0.1, 0.15) is 10.8 Å². The van der Waals surface area contributed by atoms with Gasteiger partial charge in [0.25, 0.3) is 5.56 Å². The van der Waals surface area contributed by atoms with E-state index in [1.165, 1.54) is 18.0 Å². The average molecular weight is 486 g/mol. The van der Waals surface area contributed by atoms with Crippen molar-refractivity contribution in [3.63, 3.8) is 0 Å². The van der Waals surface area contributed by atoms with Gasteiger partial charge >= 0.3 is 0 Å². The van der Waals surface area contributed by atoms with E-state index < -0.39 is 11.2 Å². The van der Waals surface area contributed by atoms with Gasteiger partial charge in [-0.1, -0.05) is 23.7 Å². The van der Waals surface area contributed by atoms with E-state index in [0.29, 0.717) is 42.7 Å². The Morgan fingerprint density at radius 1 is 1.24 bits per heavy atom. The number of rotatable bonds is 7. The van der Waals surface area contributed by atoms with E-state index in [4.69, 9.17) is 21.1 Å². The van der Waals surface area contributed by atoms with Crippen LogP contribution < -0.4 is 20.9 Å². The highest BCUT2D eigenvalue weighted by molar-refractivity contribution is 6.32. The van der Waals surface area contributed by atoms with Crippen LogP contribution in [0.15, 0.2) is 53.6 Å². The predicted octanol–water partition coefficient (Wildman–Crippen LogP) is 3.69. The highest BCUT2D eigenvalue weighted by atomic mass is 35.5. The van der Waals surface area contributed by atoms with Crippen molar-refractivity contribution in [2.75, 3.05) is 38.2 Å². The molecule has 178 valence electrons. The molecule has 2 aliphatic heterocycles. The smallest absolute Gasteiger partial charge is 0.292 e. The van der Waals surface area contributed by atoms with Crippen molar-refractivity contribution in [3.05, 3.63) is 69.7 Å². The van der Waals surface area contributed by atoms with E-state index in [1.54, 1.807) is 12.1 Å². The van der Waals surface area contributed by atoms with Crippen LogP contribution in [0.3, 0.4) is 0 Å². The molecule has 34 heavy (non-hydrogen) atoms. The molecule has 10 heteroatoms. The molecule has 4 heterocycles. The molecule has 0 saturated carbocycles. The molecule has 3 aromatic rings. The second kappa shape index (κ2) is 9.69. The van der Waals surface area contributed by atoms with Gasteiger partial charge in [-0.05, 0) is 36.6 Å². The summed E-state index contributed by atoms with van der Waals surface area (Å²) in [4.78, 5) is 17.0. The number of benzene rings is 1. The molecule has 5 rings (SSSR count). The van der Waals surface area contributed by atoms with Crippen molar-refractivity contribution in [1.29, 1.82) is 0 Å². The minimum atomic E-state index is -1.50. The summed E-state index contributed by atoms with van der Waals surface area (Å²) in [5, 5.41) is 10.3. The molecule has 0 amide bonds. The number of nitrogens with one attached hydrogen (secondary N) is 2. The van der Waals surface area contributed by atoms with Crippen LogP contribution in [-0.4, -0.2) is 53.3 Å². The number of aromatic nitrogens is 3. The standard InChI is InChI=1S/C24H25ClFN5O3/c25-22-20(29-14-24(26)8-1-9-33-15-24)13-30-31(23(22)32)18-4-7-21(28-12-18)34-19-5-2-16(3-6-19)17-10-27-11-17/h2-7,12-13,17,27,29H,1,8-11,14-15H2/t24-/m0/s1. The Hall–Kier alpha value is -3.01. The lowest BCUT2D eigenvalue weighted by Gasteiger charge is -2.29. The van der Waals surface area contributed by atoms with Gasteiger partial charge in [0.2, 0.25) is 5.88 Å². The van der Waals surface area contributed by atoms with Crippen molar-refractivity contribution in [2.24, 2.45) is 0 Å². The highest BCUT2D eigenvalue weighted by Gasteiger charge is 2.32. The number of hydrogen-bond donors (Lipinski definition) is 2. The van der Waals surface area contributed by atoms with Crippen molar-refractivity contribution >= 4 is 17.3 Å². The Morgan fingerprint density at radius 3 is 2.71 bits per heavy atom. The fourth-order valence-electron chi connectivity index (χ4n) is 3.96. The van der Waals surface area contributed by atoms with Crippen LogP contribution in [0.2, 0.25) is 5.02 Å². The van der Waals surface area contributed by atoms with Crippen LogP contribution in [0.1, 0.15) is 24.3 Å². The Balaban J connectivity index is 1.25. The van der Waals surface area contributed by atoms with Crippen LogP contribution >= 0.6 is 11.6 Å². The van der Waals surface area contributed by atoms with Gasteiger partial charge in [0.05, 0.1) is 36.9 Å². The van der Waals surface area contributed by atoms with Crippen molar-refractivity contribution in [2.45, 2.75) is 24.4 Å². The van der Waals surface area contributed by atoms with Gasteiger partial charge < -0.3 is 20.1 Å². The fraction of sp³-hybridized carbons (Fsp3) is 0.375. The minimum absolute atomic E-state index is 0.00995. The molecule has 0 spiro atoms. The quantitative estimate of drug-likeness (QED) is 0.527. The zero-order chi connectivity index (χ0) is 23.5. The zero-order valence-electron chi connectivity index (χ0n) is 18.5. The maximum atomic E-state index is 14.7. The van der Waals surface area contributed by atoms with Gasteiger partial charge in [0, 0.05) is 31.7 Å². The molecule has 0 bridgehead atoms. The molecule has 2 saturated heterocycles. The summed E-state index contributed by atoms with van der Waals surface area (Å²) in [6, 6.07) is 11.3. The molecule has 2 aliphatic rings. The monoisotopic (exact) mass is 485 g/mol. The first-order chi connectivity index (χ1) is 16.5. The van der Waals surface area contributed by atoms with Gasteiger partial charge in [-0.25, -0.2) is 9.37 Å². The third-order valence-electron chi connectivity index (χ3n) is 6.11. The molecule has 0 unspecified atom stereocenters. The summed E-state index contributed by atoms with van der Waals surface area (Å²) in [6.07, 6.45) is 3.93. The predicted molar refractivity (Wildman–Crippen MR) is 127 cm³/mol. The van der Waals surface area contributed by atoms with Crippen molar-refractivity contribution in [1.82, 2.24) is 20.1 Å². The first-order valence-electron chi connectivity index (χ1n) is 11.2. The van der Waals surface area contributed by atoms with E-state index in [2.05, 4.69) is 32.8 Å². The first-order valence-corrected chi connectivity index (χ1v) is 11.6. The highest BCUT2D eigenvalue weighted by Crippen LogP contribution is 2.27. The summed E-state index contributed by atoms with van der Waals surface area (Å²) in [5.41, 5.74) is -0.0365. The summed E-state index contributed by atoms with van der Waals surface area (Å²) in [7, 11) is 0. The number of anilines is 1. The van der Waals surface area contributed by atoms with E-state index >= 15 is 0 Å².